The average Bonchev–Trinajstić information content (AvgIpc) is 3.07. The number of hydrogen-bond donors (Lipinski definition) is 1. The lowest BCUT2D eigenvalue weighted by Crippen LogP contribution is -2.54. The van der Waals surface area contributed by atoms with Gasteiger partial charge in [0.2, 0.25) is 0 Å². The minimum atomic E-state index is -0.828. The highest BCUT2D eigenvalue weighted by Crippen LogP contribution is 2.37. The summed E-state index contributed by atoms with van der Waals surface area (Å²) in [5.41, 5.74) is 1.22. The highest BCUT2D eigenvalue weighted by Gasteiger charge is 2.37. The Bertz CT molecular complexity index is 1220. The minimum absolute atomic E-state index is 0.220. The number of nitrogens with one attached hydrogen (secondary N) is 1. The maximum absolute atomic E-state index is 12.9. The fourth-order valence-corrected chi connectivity index (χ4v) is 4.30. The SMILES string of the molecule is Cc1ccc(Sc2oc(/C=C3\C(=O)NC(=O)N(c4ccc(Cl)cc4)C3=O)cc2Br)cc1. The highest BCUT2D eigenvalue weighted by atomic mass is 79.9. The van der Waals surface area contributed by atoms with E-state index in [-0.39, 0.29) is 5.57 Å². The number of amides is 4. The average molecular weight is 518 g/mol. The number of carbonyl (C=O) groups excluding carboxylic acids is 3. The summed E-state index contributed by atoms with van der Waals surface area (Å²) in [6.45, 7) is 2.01. The van der Waals surface area contributed by atoms with Crippen LogP contribution in [0, 0.1) is 6.92 Å². The van der Waals surface area contributed by atoms with Crippen LogP contribution in [0.5, 0.6) is 0 Å². The number of anilines is 1. The first-order valence-corrected chi connectivity index (χ1v) is 11.0. The molecule has 4 amide bonds. The zero-order valence-electron chi connectivity index (χ0n) is 16.0. The molecule has 0 spiro atoms. The van der Waals surface area contributed by atoms with E-state index in [0.29, 0.717) is 26.0 Å². The van der Waals surface area contributed by atoms with Crippen molar-refractivity contribution in [3.8, 4) is 0 Å². The lowest BCUT2D eigenvalue weighted by Gasteiger charge is -2.26. The molecular formula is C22H14BrClN2O4S. The number of benzene rings is 2. The first-order valence-electron chi connectivity index (χ1n) is 9.03. The summed E-state index contributed by atoms with van der Waals surface area (Å²) in [5, 5.41) is 3.21. The largest absolute Gasteiger partial charge is 0.449 e. The molecule has 1 aliphatic heterocycles. The smallest absolute Gasteiger partial charge is 0.335 e. The molecular weight excluding hydrogens is 504 g/mol. The van der Waals surface area contributed by atoms with E-state index in [1.807, 2.05) is 31.2 Å². The van der Waals surface area contributed by atoms with Gasteiger partial charge in [-0.25, -0.2) is 9.69 Å². The van der Waals surface area contributed by atoms with Gasteiger partial charge >= 0.3 is 6.03 Å². The van der Waals surface area contributed by atoms with Crippen molar-refractivity contribution in [1.82, 2.24) is 5.32 Å². The van der Waals surface area contributed by atoms with Crippen LogP contribution >= 0.6 is 39.3 Å². The number of nitrogens with zero attached hydrogens (tertiary/aromatic N) is 1. The van der Waals surface area contributed by atoms with Crippen molar-refractivity contribution < 1.29 is 18.8 Å². The van der Waals surface area contributed by atoms with Crippen molar-refractivity contribution in [2.45, 2.75) is 16.9 Å². The van der Waals surface area contributed by atoms with Gasteiger partial charge in [0.1, 0.15) is 11.3 Å². The summed E-state index contributed by atoms with van der Waals surface area (Å²) >= 11 is 10.7. The normalized spacial score (nSPS) is 15.5. The van der Waals surface area contributed by atoms with Gasteiger partial charge in [-0.2, -0.15) is 0 Å². The van der Waals surface area contributed by atoms with Crippen LogP contribution in [0.4, 0.5) is 10.5 Å². The van der Waals surface area contributed by atoms with Crippen molar-refractivity contribution in [2.24, 2.45) is 0 Å². The Morgan fingerprint density at radius 1 is 1.06 bits per heavy atom. The Hall–Kier alpha value is -2.81. The first-order chi connectivity index (χ1) is 14.8. The van der Waals surface area contributed by atoms with Crippen LogP contribution in [0.15, 0.2) is 79.0 Å². The van der Waals surface area contributed by atoms with Crippen molar-refractivity contribution >= 4 is 68.9 Å². The first kappa shape index (κ1) is 21.4. The second-order valence-corrected chi connectivity index (χ2v) is 8.97. The van der Waals surface area contributed by atoms with Gasteiger partial charge in [0.05, 0.1) is 10.2 Å². The Morgan fingerprint density at radius 3 is 2.42 bits per heavy atom. The Morgan fingerprint density at radius 2 is 1.74 bits per heavy atom. The molecule has 0 radical (unpaired) electrons. The van der Waals surface area contributed by atoms with Crippen LogP contribution in [0.3, 0.4) is 0 Å². The quantitative estimate of drug-likeness (QED) is 0.348. The molecule has 0 atom stereocenters. The third-order valence-electron chi connectivity index (χ3n) is 4.38. The van der Waals surface area contributed by atoms with Gasteiger partial charge in [-0.1, -0.05) is 41.1 Å². The predicted molar refractivity (Wildman–Crippen MR) is 122 cm³/mol. The summed E-state index contributed by atoms with van der Waals surface area (Å²) in [4.78, 5) is 39.4. The third kappa shape index (κ3) is 4.61. The van der Waals surface area contributed by atoms with E-state index in [0.717, 1.165) is 15.4 Å². The number of furan rings is 1. The molecule has 1 aromatic heterocycles. The number of imide groups is 2. The summed E-state index contributed by atoms with van der Waals surface area (Å²) < 4.78 is 6.50. The van der Waals surface area contributed by atoms with Crippen molar-refractivity contribution in [3.05, 3.63) is 81.0 Å². The zero-order valence-corrected chi connectivity index (χ0v) is 19.2. The minimum Gasteiger partial charge on any atom is -0.449 e. The second-order valence-electron chi connectivity index (χ2n) is 6.63. The topological polar surface area (TPSA) is 79.6 Å². The van der Waals surface area contributed by atoms with Gasteiger partial charge in [0.25, 0.3) is 11.8 Å². The molecule has 1 fully saturated rings. The van der Waals surface area contributed by atoms with E-state index in [4.69, 9.17) is 16.0 Å². The molecule has 4 rings (SSSR count). The van der Waals surface area contributed by atoms with Gasteiger partial charge in [-0.3, -0.25) is 14.9 Å². The van der Waals surface area contributed by atoms with E-state index in [2.05, 4.69) is 21.2 Å². The number of carbonyl (C=O) groups is 3. The van der Waals surface area contributed by atoms with Crippen LogP contribution in [0.1, 0.15) is 11.3 Å². The van der Waals surface area contributed by atoms with E-state index < -0.39 is 17.8 Å². The molecule has 0 aliphatic carbocycles. The molecule has 9 heteroatoms. The fourth-order valence-electron chi connectivity index (χ4n) is 2.85. The zero-order chi connectivity index (χ0) is 22.1. The molecule has 1 N–H and O–H groups in total. The predicted octanol–water partition coefficient (Wildman–Crippen LogP) is 5.82. The second kappa shape index (κ2) is 8.74. The van der Waals surface area contributed by atoms with Gasteiger partial charge in [-0.15, -0.1) is 0 Å². The van der Waals surface area contributed by atoms with Crippen LogP contribution in [-0.4, -0.2) is 17.8 Å². The summed E-state index contributed by atoms with van der Waals surface area (Å²) in [6.07, 6.45) is 1.32. The maximum atomic E-state index is 12.9. The summed E-state index contributed by atoms with van der Waals surface area (Å²) in [6, 6.07) is 14.9. The van der Waals surface area contributed by atoms with Gasteiger partial charge < -0.3 is 4.42 Å². The molecule has 1 saturated heterocycles. The summed E-state index contributed by atoms with van der Waals surface area (Å²) in [7, 11) is 0. The number of halogens is 2. The lowest BCUT2D eigenvalue weighted by molar-refractivity contribution is -0.122. The molecule has 1 aliphatic rings. The van der Waals surface area contributed by atoms with Crippen LogP contribution in [0.2, 0.25) is 5.02 Å². The van der Waals surface area contributed by atoms with Gasteiger partial charge in [0.15, 0.2) is 5.09 Å². The highest BCUT2D eigenvalue weighted by molar-refractivity contribution is 9.10. The summed E-state index contributed by atoms with van der Waals surface area (Å²) in [5.74, 6) is -1.25. The van der Waals surface area contributed by atoms with Crippen LogP contribution < -0.4 is 10.2 Å². The maximum Gasteiger partial charge on any atom is 0.335 e. The van der Waals surface area contributed by atoms with Crippen LogP contribution in [0.25, 0.3) is 6.08 Å². The molecule has 0 unspecified atom stereocenters. The van der Waals surface area contributed by atoms with Gasteiger partial charge in [-0.05, 0) is 71.4 Å². The molecule has 0 bridgehead atoms. The lowest BCUT2D eigenvalue weighted by atomic mass is 10.1. The molecule has 2 aromatic carbocycles. The monoisotopic (exact) mass is 516 g/mol. The fraction of sp³-hybridized carbons (Fsp3) is 0.0455. The number of barbiturate groups is 1. The Labute approximate surface area is 195 Å². The number of urea groups is 1. The van der Waals surface area contributed by atoms with E-state index in [1.165, 1.54) is 30.0 Å². The number of aryl methyl sites for hydroxylation is 1. The number of rotatable bonds is 4. The van der Waals surface area contributed by atoms with Gasteiger partial charge in [0, 0.05) is 9.92 Å². The Kier molecular flexibility index (Phi) is 6.04. The van der Waals surface area contributed by atoms with E-state index >= 15 is 0 Å². The van der Waals surface area contributed by atoms with E-state index in [1.54, 1.807) is 18.2 Å². The molecule has 31 heavy (non-hydrogen) atoms. The standard InChI is InChI=1S/C22H14BrClN2O4S/c1-12-2-8-16(9-3-12)31-21-18(23)11-15(30-21)10-17-19(27)25-22(29)26(20(17)28)14-6-4-13(24)5-7-14/h2-11H,1H3,(H,25,27,29)/b17-10+. The van der Waals surface area contributed by atoms with Crippen molar-refractivity contribution in [2.75, 3.05) is 4.90 Å². The van der Waals surface area contributed by atoms with E-state index in [9.17, 15) is 14.4 Å². The molecule has 2 heterocycles. The Balaban J connectivity index is 1.63. The van der Waals surface area contributed by atoms with Crippen LogP contribution in [-0.2, 0) is 9.59 Å². The molecule has 3 aromatic rings. The number of hydrogen-bond acceptors (Lipinski definition) is 5. The molecule has 156 valence electrons. The third-order valence-corrected chi connectivity index (χ3v) is 6.48. The molecule has 6 nitrogen and oxygen atoms in total. The van der Waals surface area contributed by atoms with Crippen molar-refractivity contribution in [1.29, 1.82) is 0 Å². The molecule has 0 saturated carbocycles. The van der Waals surface area contributed by atoms with Crippen molar-refractivity contribution in [3.63, 3.8) is 0 Å².